The van der Waals surface area contributed by atoms with Crippen molar-refractivity contribution in [2.75, 3.05) is 18.0 Å². The van der Waals surface area contributed by atoms with Crippen molar-refractivity contribution in [3.8, 4) is 6.07 Å². The Morgan fingerprint density at radius 1 is 1.02 bits per heavy atom. The van der Waals surface area contributed by atoms with Gasteiger partial charge in [0.15, 0.2) is 0 Å². The van der Waals surface area contributed by atoms with Crippen LogP contribution in [0.1, 0.15) is 54.0 Å². The summed E-state index contributed by atoms with van der Waals surface area (Å²) < 4.78 is 2.26. The zero-order valence-corrected chi connectivity index (χ0v) is 25.1. The first kappa shape index (κ1) is 28.8. The Bertz CT molecular complexity index is 1570. The minimum absolute atomic E-state index is 0.132. The van der Waals surface area contributed by atoms with Crippen LogP contribution < -0.4 is 10.5 Å². The molecule has 41 heavy (non-hydrogen) atoms. The van der Waals surface area contributed by atoms with Gasteiger partial charge in [0.05, 0.1) is 11.4 Å². The fraction of sp³-hybridized carbons (Fsp3) is 0.333. The monoisotopic (exact) mass is 582 g/mol. The highest BCUT2D eigenvalue weighted by molar-refractivity contribution is 8.26. The SMILES string of the molecule is CCCn1c(N2CCC(Cc3ccccc3)CC2)c(/C=C2\SC(=S)N(Cc3ccccc3)C2=O)c(C)c(C#N)c1=O. The van der Waals surface area contributed by atoms with Gasteiger partial charge in [-0.25, -0.2) is 0 Å². The van der Waals surface area contributed by atoms with Crippen molar-refractivity contribution in [3.63, 3.8) is 0 Å². The molecule has 0 spiro atoms. The summed E-state index contributed by atoms with van der Waals surface area (Å²) >= 11 is 6.89. The fourth-order valence-electron chi connectivity index (χ4n) is 5.75. The predicted octanol–water partition coefficient (Wildman–Crippen LogP) is 6.30. The van der Waals surface area contributed by atoms with Gasteiger partial charge in [-0.05, 0) is 61.3 Å². The molecule has 8 heteroatoms. The van der Waals surface area contributed by atoms with E-state index in [1.54, 1.807) is 9.47 Å². The van der Waals surface area contributed by atoms with Gasteiger partial charge in [-0.2, -0.15) is 5.26 Å². The Kier molecular flexibility index (Phi) is 9.06. The van der Waals surface area contributed by atoms with Crippen molar-refractivity contribution in [1.29, 1.82) is 5.26 Å². The summed E-state index contributed by atoms with van der Waals surface area (Å²) in [5.41, 5.74) is 3.59. The summed E-state index contributed by atoms with van der Waals surface area (Å²) in [7, 11) is 0. The van der Waals surface area contributed by atoms with E-state index in [-0.39, 0.29) is 17.0 Å². The summed E-state index contributed by atoms with van der Waals surface area (Å²) in [5.74, 6) is 1.22. The summed E-state index contributed by atoms with van der Waals surface area (Å²) in [6.07, 6.45) is 5.67. The number of thiocarbonyl (C=S) groups is 1. The van der Waals surface area contributed by atoms with Gasteiger partial charge in [-0.15, -0.1) is 0 Å². The van der Waals surface area contributed by atoms with E-state index < -0.39 is 0 Å². The van der Waals surface area contributed by atoms with E-state index in [0.29, 0.717) is 33.8 Å². The average molecular weight is 583 g/mol. The molecule has 1 amide bonds. The summed E-state index contributed by atoms with van der Waals surface area (Å²) in [6, 6.07) is 22.5. The van der Waals surface area contributed by atoms with Crippen molar-refractivity contribution in [2.24, 2.45) is 5.92 Å². The number of anilines is 1. The number of rotatable bonds is 8. The first-order chi connectivity index (χ1) is 19.9. The molecule has 0 radical (unpaired) electrons. The quantitative estimate of drug-likeness (QED) is 0.229. The number of piperidine rings is 1. The number of aromatic nitrogens is 1. The van der Waals surface area contributed by atoms with Crippen LogP contribution in [0.2, 0.25) is 0 Å². The van der Waals surface area contributed by atoms with Crippen LogP contribution in [0.25, 0.3) is 6.08 Å². The van der Waals surface area contributed by atoms with Crippen LogP contribution in [0.4, 0.5) is 5.82 Å². The minimum atomic E-state index is -0.262. The molecule has 2 fully saturated rings. The summed E-state index contributed by atoms with van der Waals surface area (Å²) in [6.45, 7) is 6.37. The van der Waals surface area contributed by atoms with Gasteiger partial charge in [0.25, 0.3) is 11.5 Å². The largest absolute Gasteiger partial charge is 0.357 e. The highest BCUT2D eigenvalue weighted by atomic mass is 32.2. The van der Waals surface area contributed by atoms with Gasteiger partial charge in [0.2, 0.25) is 0 Å². The van der Waals surface area contributed by atoms with Crippen molar-refractivity contribution in [1.82, 2.24) is 9.47 Å². The van der Waals surface area contributed by atoms with Gasteiger partial charge in [-0.1, -0.05) is 91.6 Å². The second kappa shape index (κ2) is 12.9. The maximum atomic E-state index is 13.6. The molecule has 3 aromatic rings. The number of pyridine rings is 1. The topological polar surface area (TPSA) is 69.3 Å². The third-order valence-corrected chi connectivity index (χ3v) is 9.29. The van der Waals surface area contributed by atoms with Crippen molar-refractivity contribution in [2.45, 2.75) is 52.6 Å². The van der Waals surface area contributed by atoms with Crippen LogP contribution >= 0.6 is 24.0 Å². The predicted molar refractivity (Wildman–Crippen MR) is 171 cm³/mol. The second-order valence-corrected chi connectivity index (χ2v) is 12.4. The molecule has 0 N–H and O–H groups in total. The normalized spacial score (nSPS) is 17.0. The molecule has 0 saturated carbocycles. The molecular formula is C33H34N4O2S2. The molecule has 0 bridgehead atoms. The molecule has 5 rings (SSSR count). The Labute approximate surface area is 251 Å². The van der Waals surface area contributed by atoms with E-state index in [0.717, 1.165) is 55.7 Å². The van der Waals surface area contributed by atoms with Crippen LogP contribution in [-0.2, 0) is 24.3 Å². The minimum Gasteiger partial charge on any atom is -0.357 e. The number of hydrogen-bond acceptors (Lipinski definition) is 6. The molecule has 1 aromatic heterocycles. The van der Waals surface area contributed by atoms with Crippen LogP contribution in [0.15, 0.2) is 70.4 Å². The lowest BCUT2D eigenvalue weighted by molar-refractivity contribution is -0.122. The van der Waals surface area contributed by atoms with Gasteiger partial charge in [0.1, 0.15) is 21.8 Å². The van der Waals surface area contributed by atoms with Gasteiger partial charge in [0, 0.05) is 25.2 Å². The molecule has 3 heterocycles. The number of carbonyl (C=O) groups is 1. The molecule has 2 aromatic carbocycles. The van der Waals surface area contributed by atoms with Gasteiger partial charge in [-0.3, -0.25) is 19.1 Å². The van der Waals surface area contributed by atoms with E-state index in [1.807, 2.05) is 56.3 Å². The van der Waals surface area contributed by atoms with Gasteiger partial charge >= 0.3 is 0 Å². The number of amides is 1. The third kappa shape index (κ3) is 6.17. The number of thioether (sulfide) groups is 1. The standard InChI is InChI=1S/C33H34N4O2S2/c1-3-16-36-30(35-17-14-25(15-18-35)19-24-10-6-4-7-11-24)27(23(2)28(21-34)31(36)38)20-29-32(39)37(33(40)41-29)22-26-12-8-5-9-13-26/h4-13,20,25H,3,14-19,22H2,1-2H3/b29-20-. The Morgan fingerprint density at radius 3 is 2.27 bits per heavy atom. The maximum absolute atomic E-state index is 13.6. The van der Waals surface area contributed by atoms with Crippen LogP contribution in [0.3, 0.4) is 0 Å². The van der Waals surface area contributed by atoms with E-state index in [1.165, 1.54) is 17.3 Å². The van der Waals surface area contributed by atoms with Crippen molar-refractivity contribution in [3.05, 3.63) is 104 Å². The van der Waals surface area contributed by atoms with Crippen LogP contribution in [0, 0.1) is 24.2 Å². The highest BCUT2D eigenvalue weighted by Gasteiger charge is 2.34. The lowest BCUT2D eigenvalue weighted by Gasteiger charge is -2.36. The summed E-state index contributed by atoms with van der Waals surface area (Å²) in [5, 5.41) is 9.95. The lowest BCUT2D eigenvalue weighted by Crippen LogP contribution is -2.40. The molecule has 0 unspecified atom stereocenters. The number of hydrogen-bond donors (Lipinski definition) is 0. The van der Waals surface area contributed by atoms with Crippen molar-refractivity contribution < 1.29 is 4.79 Å². The fourth-order valence-corrected chi connectivity index (χ4v) is 6.98. The number of nitrogens with zero attached hydrogens (tertiary/aromatic N) is 4. The third-order valence-electron chi connectivity index (χ3n) is 7.91. The van der Waals surface area contributed by atoms with Crippen molar-refractivity contribution >= 4 is 46.1 Å². The van der Waals surface area contributed by atoms with Crippen LogP contribution in [0.5, 0.6) is 0 Å². The van der Waals surface area contributed by atoms with E-state index in [9.17, 15) is 14.9 Å². The maximum Gasteiger partial charge on any atom is 0.270 e. The first-order valence-corrected chi connectivity index (χ1v) is 15.4. The highest BCUT2D eigenvalue weighted by Crippen LogP contribution is 2.37. The van der Waals surface area contributed by atoms with E-state index in [4.69, 9.17) is 12.2 Å². The molecule has 6 nitrogen and oxygen atoms in total. The Hall–Kier alpha value is -3.67. The first-order valence-electron chi connectivity index (χ1n) is 14.2. The van der Waals surface area contributed by atoms with Crippen LogP contribution in [-0.4, -0.2) is 32.8 Å². The van der Waals surface area contributed by atoms with E-state index >= 15 is 0 Å². The lowest BCUT2D eigenvalue weighted by atomic mass is 9.90. The zero-order chi connectivity index (χ0) is 28.9. The molecule has 2 saturated heterocycles. The smallest absolute Gasteiger partial charge is 0.270 e. The summed E-state index contributed by atoms with van der Waals surface area (Å²) in [4.78, 5) is 31.5. The number of nitriles is 1. The number of benzene rings is 2. The molecule has 0 aliphatic carbocycles. The Balaban J connectivity index is 1.50. The molecule has 0 atom stereocenters. The molecular weight excluding hydrogens is 549 g/mol. The van der Waals surface area contributed by atoms with E-state index in [2.05, 4.69) is 35.2 Å². The van der Waals surface area contributed by atoms with Gasteiger partial charge < -0.3 is 4.90 Å². The molecule has 2 aliphatic heterocycles. The molecule has 210 valence electrons. The molecule has 2 aliphatic rings. The second-order valence-electron chi connectivity index (χ2n) is 10.7. The zero-order valence-electron chi connectivity index (χ0n) is 23.5. The average Bonchev–Trinajstić information content (AvgIpc) is 3.25. The number of carbonyl (C=O) groups excluding carboxylic acids is 1. The Morgan fingerprint density at radius 2 is 1.66 bits per heavy atom.